The fourth-order valence-electron chi connectivity index (χ4n) is 7.89. The van der Waals surface area contributed by atoms with Gasteiger partial charge in [0.15, 0.2) is 0 Å². The summed E-state index contributed by atoms with van der Waals surface area (Å²) < 4.78 is 2.57. The van der Waals surface area contributed by atoms with Crippen molar-refractivity contribution < 1.29 is 0 Å². The molecule has 7 aromatic carbocycles. The molecule has 9 rings (SSSR count). The topological polar surface area (TPSA) is 3.24 Å². The first-order chi connectivity index (χ1) is 23.6. The van der Waals surface area contributed by atoms with Crippen LogP contribution >= 0.6 is 11.3 Å². The Kier molecular flexibility index (Phi) is 6.67. The van der Waals surface area contributed by atoms with Crippen LogP contribution < -0.4 is 4.90 Å². The zero-order chi connectivity index (χ0) is 32.2. The van der Waals surface area contributed by atoms with E-state index in [1.54, 1.807) is 0 Å². The predicted octanol–water partition coefficient (Wildman–Crippen LogP) is 12.8. The molecule has 1 aliphatic carbocycles. The van der Waals surface area contributed by atoms with Gasteiger partial charge in [-0.05, 0) is 81.8 Å². The van der Waals surface area contributed by atoms with Crippen molar-refractivity contribution in [2.75, 3.05) is 4.90 Å². The Morgan fingerprint density at radius 1 is 0.500 bits per heavy atom. The first-order valence-corrected chi connectivity index (χ1v) is 17.3. The summed E-state index contributed by atoms with van der Waals surface area (Å²) in [6.07, 6.45) is 0. The standard InChI is InChI=1S/C46H33NS/c1-31(2)47(37-25-27-41-40-26-24-33(32-14-5-3-6-15-32)28-44(40)48-45(41)30-37)36-19-13-18-35(29-36)46(34-16-7-4-8-17-34)42-22-11-9-20-38(42)39-21-10-12-23-43(39)46/h3-30H,1H2,2H3. The van der Waals surface area contributed by atoms with Crippen LogP contribution in [0.25, 0.3) is 42.4 Å². The highest BCUT2D eigenvalue weighted by Crippen LogP contribution is 2.56. The summed E-state index contributed by atoms with van der Waals surface area (Å²) in [6.45, 7) is 6.58. The average molecular weight is 632 g/mol. The number of benzene rings is 7. The minimum Gasteiger partial charge on any atom is -0.315 e. The highest BCUT2D eigenvalue weighted by molar-refractivity contribution is 7.25. The maximum absolute atomic E-state index is 4.48. The van der Waals surface area contributed by atoms with Crippen LogP contribution in [-0.2, 0) is 5.41 Å². The summed E-state index contributed by atoms with van der Waals surface area (Å²) in [5.74, 6) is 0. The Labute approximate surface area is 285 Å². The molecule has 1 aromatic heterocycles. The Hall–Kier alpha value is -5.70. The summed E-state index contributed by atoms with van der Waals surface area (Å²) in [5, 5.41) is 2.59. The second-order valence-electron chi connectivity index (χ2n) is 12.7. The maximum atomic E-state index is 4.48. The van der Waals surface area contributed by atoms with Gasteiger partial charge in [0.1, 0.15) is 0 Å². The minimum absolute atomic E-state index is 0.447. The number of fused-ring (bicyclic) bond motifs is 6. The Morgan fingerprint density at radius 2 is 1.06 bits per heavy atom. The van der Waals surface area contributed by atoms with Crippen LogP contribution in [0, 0.1) is 0 Å². The van der Waals surface area contributed by atoms with Crippen LogP contribution in [0.4, 0.5) is 11.4 Å². The summed E-state index contributed by atoms with van der Waals surface area (Å²) in [4.78, 5) is 2.30. The third kappa shape index (κ3) is 4.30. The van der Waals surface area contributed by atoms with Crippen molar-refractivity contribution in [2.45, 2.75) is 12.3 Å². The molecule has 0 saturated carbocycles. The summed E-state index contributed by atoms with van der Waals surface area (Å²) in [7, 11) is 0. The highest BCUT2D eigenvalue weighted by atomic mass is 32.1. The van der Waals surface area contributed by atoms with E-state index in [1.165, 1.54) is 64.7 Å². The number of hydrogen-bond donors (Lipinski definition) is 0. The van der Waals surface area contributed by atoms with Gasteiger partial charge in [0.25, 0.3) is 0 Å². The number of thiophene rings is 1. The smallest absolute Gasteiger partial charge is 0.0714 e. The molecule has 0 unspecified atom stereocenters. The van der Waals surface area contributed by atoms with E-state index in [0.717, 1.165) is 17.1 Å². The van der Waals surface area contributed by atoms with E-state index in [9.17, 15) is 0 Å². The lowest BCUT2D eigenvalue weighted by Crippen LogP contribution is -2.29. The van der Waals surface area contributed by atoms with Gasteiger partial charge in [0, 0.05) is 37.2 Å². The fraction of sp³-hybridized carbons (Fsp3) is 0.0435. The van der Waals surface area contributed by atoms with Crippen molar-refractivity contribution in [3.05, 3.63) is 204 Å². The van der Waals surface area contributed by atoms with E-state index in [1.807, 2.05) is 11.3 Å². The lowest BCUT2D eigenvalue weighted by Gasteiger charge is -2.35. The van der Waals surface area contributed by atoms with Gasteiger partial charge in [0.05, 0.1) is 5.41 Å². The summed E-state index contributed by atoms with van der Waals surface area (Å²) >= 11 is 1.86. The first kappa shape index (κ1) is 28.5. The van der Waals surface area contributed by atoms with Crippen LogP contribution in [0.1, 0.15) is 29.2 Å². The molecule has 1 aliphatic rings. The van der Waals surface area contributed by atoms with Gasteiger partial charge in [-0.25, -0.2) is 0 Å². The van der Waals surface area contributed by atoms with Gasteiger partial charge in [-0.1, -0.05) is 146 Å². The van der Waals surface area contributed by atoms with E-state index >= 15 is 0 Å². The number of rotatable bonds is 6. The van der Waals surface area contributed by atoms with Crippen molar-refractivity contribution in [1.82, 2.24) is 0 Å². The van der Waals surface area contributed by atoms with E-state index < -0.39 is 5.41 Å². The molecular formula is C46H33NS. The third-order valence-corrected chi connectivity index (χ3v) is 11.0. The summed E-state index contributed by atoms with van der Waals surface area (Å²) in [5.41, 5.74) is 13.0. The zero-order valence-electron chi connectivity index (χ0n) is 26.7. The largest absolute Gasteiger partial charge is 0.315 e. The van der Waals surface area contributed by atoms with Crippen molar-refractivity contribution in [1.29, 1.82) is 0 Å². The van der Waals surface area contributed by atoms with Crippen LogP contribution in [0.2, 0.25) is 0 Å². The molecule has 0 N–H and O–H groups in total. The molecule has 0 aliphatic heterocycles. The average Bonchev–Trinajstić information content (AvgIpc) is 3.65. The van der Waals surface area contributed by atoms with Crippen molar-refractivity contribution in [3.63, 3.8) is 0 Å². The monoisotopic (exact) mass is 631 g/mol. The Morgan fingerprint density at radius 3 is 1.75 bits per heavy atom. The third-order valence-electron chi connectivity index (χ3n) is 9.90. The molecule has 1 nitrogen and oxygen atoms in total. The van der Waals surface area contributed by atoms with E-state index in [4.69, 9.17) is 0 Å². The number of nitrogens with zero attached hydrogens (tertiary/aromatic N) is 1. The molecule has 8 aromatic rings. The second-order valence-corrected chi connectivity index (χ2v) is 13.8. The number of allylic oxidation sites excluding steroid dienone is 1. The fourth-order valence-corrected chi connectivity index (χ4v) is 9.07. The normalized spacial score (nSPS) is 12.9. The Balaban J connectivity index is 1.20. The molecule has 0 fully saturated rings. The number of anilines is 2. The van der Waals surface area contributed by atoms with Gasteiger partial charge in [0.2, 0.25) is 0 Å². The molecular weight excluding hydrogens is 599 g/mol. The van der Waals surface area contributed by atoms with Crippen molar-refractivity contribution >= 4 is 42.9 Å². The lowest BCUT2D eigenvalue weighted by molar-refractivity contribution is 0.768. The first-order valence-electron chi connectivity index (χ1n) is 16.5. The SMILES string of the molecule is C=C(C)N(c1cccc(C2(c3ccccc3)c3ccccc3-c3ccccc32)c1)c1ccc2c(c1)sc1cc(-c3ccccc3)ccc12. The van der Waals surface area contributed by atoms with E-state index in [-0.39, 0.29) is 0 Å². The summed E-state index contributed by atoms with van der Waals surface area (Å²) in [6, 6.07) is 62.2. The van der Waals surface area contributed by atoms with Crippen LogP contribution in [0.5, 0.6) is 0 Å². The van der Waals surface area contributed by atoms with Gasteiger partial charge in [-0.3, -0.25) is 0 Å². The molecule has 0 spiro atoms. The van der Waals surface area contributed by atoms with E-state index in [0.29, 0.717) is 0 Å². The zero-order valence-corrected chi connectivity index (χ0v) is 27.5. The molecule has 2 heteroatoms. The lowest BCUT2D eigenvalue weighted by atomic mass is 9.67. The molecule has 0 bridgehead atoms. The minimum atomic E-state index is -0.447. The molecule has 0 atom stereocenters. The van der Waals surface area contributed by atoms with Gasteiger partial charge in [-0.15, -0.1) is 11.3 Å². The Bertz CT molecular complexity index is 2440. The highest BCUT2D eigenvalue weighted by Gasteiger charge is 2.46. The van der Waals surface area contributed by atoms with Crippen LogP contribution in [0.15, 0.2) is 182 Å². The van der Waals surface area contributed by atoms with Crippen LogP contribution in [0.3, 0.4) is 0 Å². The molecule has 0 radical (unpaired) electrons. The molecule has 1 heterocycles. The quantitative estimate of drug-likeness (QED) is 0.176. The van der Waals surface area contributed by atoms with E-state index in [2.05, 4.69) is 188 Å². The predicted molar refractivity (Wildman–Crippen MR) is 205 cm³/mol. The molecule has 0 amide bonds. The molecule has 0 saturated heterocycles. The number of hydrogen-bond acceptors (Lipinski definition) is 2. The van der Waals surface area contributed by atoms with Crippen LogP contribution in [-0.4, -0.2) is 0 Å². The van der Waals surface area contributed by atoms with Crippen molar-refractivity contribution in [2.24, 2.45) is 0 Å². The second kappa shape index (κ2) is 11.2. The van der Waals surface area contributed by atoms with Gasteiger partial charge < -0.3 is 4.90 Å². The maximum Gasteiger partial charge on any atom is 0.0714 e. The molecule has 48 heavy (non-hydrogen) atoms. The van der Waals surface area contributed by atoms with Gasteiger partial charge in [-0.2, -0.15) is 0 Å². The van der Waals surface area contributed by atoms with Crippen molar-refractivity contribution in [3.8, 4) is 22.3 Å². The molecule has 228 valence electrons. The van der Waals surface area contributed by atoms with Gasteiger partial charge >= 0.3 is 0 Å².